The number of carbonyl (C=O) groups is 2. The number of halogens is 1. The maximum Gasteiger partial charge on any atom is 0.239 e. The summed E-state index contributed by atoms with van der Waals surface area (Å²) in [6.45, 7) is 0.562. The molecule has 30 heavy (non-hydrogen) atoms. The summed E-state index contributed by atoms with van der Waals surface area (Å²) in [5.41, 5.74) is 1.29. The van der Waals surface area contributed by atoms with Crippen LogP contribution < -0.4 is 5.32 Å². The number of amides is 2. The molecule has 3 rings (SSSR count). The van der Waals surface area contributed by atoms with Gasteiger partial charge in [0.1, 0.15) is 11.9 Å². The van der Waals surface area contributed by atoms with Gasteiger partial charge >= 0.3 is 0 Å². The van der Waals surface area contributed by atoms with Crippen LogP contribution in [0.5, 0.6) is 0 Å². The van der Waals surface area contributed by atoms with Crippen LogP contribution in [0.3, 0.4) is 0 Å². The van der Waals surface area contributed by atoms with Gasteiger partial charge in [-0.2, -0.15) is 0 Å². The SMILES string of the molecule is O=C(CN1C(=O)C[C@H]1[S@](=O)c1ccccc1)NCCCCCCc1ccc(Cl)cc1. The molecule has 1 aliphatic heterocycles. The number of hydrogen-bond acceptors (Lipinski definition) is 3. The number of rotatable bonds is 11. The minimum Gasteiger partial charge on any atom is -0.355 e. The average molecular weight is 447 g/mol. The molecule has 160 valence electrons. The molecular weight excluding hydrogens is 420 g/mol. The third-order valence-electron chi connectivity index (χ3n) is 5.18. The predicted octanol–water partition coefficient (Wildman–Crippen LogP) is 3.93. The Morgan fingerprint density at radius 3 is 2.43 bits per heavy atom. The summed E-state index contributed by atoms with van der Waals surface area (Å²) in [4.78, 5) is 26.2. The van der Waals surface area contributed by atoms with E-state index in [1.54, 1.807) is 12.1 Å². The van der Waals surface area contributed by atoms with Crippen molar-refractivity contribution in [3.05, 3.63) is 65.2 Å². The van der Waals surface area contributed by atoms with Crippen molar-refractivity contribution >= 4 is 34.2 Å². The van der Waals surface area contributed by atoms with Gasteiger partial charge in [0.15, 0.2) is 0 Å². The minimum absolute atomic E-state index is 0.0291. The van der Waals surface area contributed by atoms with Crippen molar-refractivity contribution in [2.75, 3.05) is 13.1 Å². The second-order valence-electron chi connectivity index (χ2n) is 7.43. The van der Waals surface area contributed by atoms with E-state index in [4.69, 9.17) is 11.6 Å². The minimum atomic E-state index is -1.32. The maximum absolute atomic E-state index is 12.6. The van der Waals surface area contributed by atoms with Crippen molar-refractivity contribution in [2.45, 2.75) is 48.8 Å². The molecule has 0 radical (unpaired) electrons. The number of carbonyl (C=O) groups excluding carboxylic acids is 2. The second-order valence-corrected chi connectivity index (χ2v) is 9.48. The van der Waals surface area contributed by atoms with Gasteiger partial charge in [-0.1, -0.05) is 54.8 Å². The Kier molecular flexibility index (Phi) is 8.46. The number of β-lactam (4-membered cyclic amide) rings is 1. The van der Waals surface area contributed by atoms with Crippen LogP contribution in [0.15, 0.2) is 59.5 Å². The van der Waals surface area contributed by atoms with Gasteiger partial charge in [0, 0.05) is 16.5 Å². The highest BCUT2D eigenvalue weighted by Crippen LogP contribution is 2.26. The van der Waals surface area contributed by atoms with Crippen molar-refractivity contribution in [3.63, 3.8) is 0 Å². The Balaban J connectivity index is 1.30. The molecule has 1 aliphatic rings. The van der Waals surface area contributed by atoms with E-state index in [1.165, 1.54) is 10.5 Å². The number of aryl methyl sites for hydroxylation is 1. The smallest absolute Gasteiger partial charge is 0.239 e. The Labute approximate surface area is 185 Å². The summed E-state index contributed by atoms with van der Waals surface area (Å²) in [6.07, 6.45) is 5.39. The van der Waals surface area contributed by atoms with Gasteiger partial charge in [-0.15, -0.1) is 0 Å². The van der Waals surface area contributed by atoms with Crippen molar-refractivity contribution in [3.8, 4) is 0 Å². The van der Waals surface area contributed by atoms with Crippen molar-refractivity contribution in [1.82, 2.24) is 10.2 Å². The quantitative estimate of drug-likeness (QED) is 0.420. The molecule has 1 N–H and O–H groups in total. The normalized spacial score (nSPS) is 16.8. The van der Waals surface area contributed by atoms with Crippen LogP contribution in [0.25, 0.3) is 0 Å². The van der Waals surface area contributed by atoms with Crippen LogP contribution >= 0.6 is 11.6 Å². The number of hydrogen-bond donors (Lipinski definition) is 1. The van der Waals surface area contributed by atoms with Crippen LogP contribution in [0.2, 0.25) is 5.02 Å². The van der Waals surface area contributed by atoms with Gasteiger partial charge in [0.05, 0.1) is 17.2 Å². The monoisotopic (exact) mass is 446 g/mol. The van der Waals surface area contributed by atoms with Gasteiger partial charge < -0.3 is 10.2 Å². The van der Waals surface area contributed by atoms with Gasteiger partial charge in [0.2, 0.25) is 11.8 Å². The number of likely N-dealkylation sites (tertiary alicyclic amines) is 1. The summed E-state index contributed by atoms with van der Waals surface area (Å²) in [5, 5.41) is 3.21. The Morgan fingerprint density at radius 2 is 1.73 bits per heavy atom. The molecule has 1 fully saturated rings. The van der Waals surface area contributed by atoms with Crippen molar-refractivity contribution < 1.29 is 13.8 Å². The second kappa shape index (κ2) is 11.3. The predicted molar refractivity (Wildman–Crippen MR) is 120 cm³/mol. The van der Waals surface area contributed by atoms with Gasteiger partial charge in [0.25, 0.3) is 0 Å². The average Bonchev–Trinajstić information content (AvgIpc) is 2.76. The van der Waals surface area contributed by atoms with Gasteiger partial charge in [-0.3, -0.25) is 13.8 Å². The molecule has 0 unspecified atom stereocenters. The van der Waals surface area contributed by atoms with Crippen LogP contribution in [0.1, 0.15) is 37.7 Å². The molecule has 0 aromatic heterocycles. The molecule has 5 nitrogen and oxygen atoms in total. The summed E-state index contributed by atoms with van der Waals surface area (Å²) in [7, 11) is -1.32. The first-order valence-corrected chi connectivity index (χ1v) is 11.9. The molecule has 0 aliphatic carbocycles. The first-order chi connectivity index (χ1) is 14.5. The lowest BCUT2D eigenvalue weighted by atomic mass is 10.1. The zero-order valence-corrected chi connectivity index (χ0v) is 18.5. The Hall–Kier alpha value is -2.18. The molecule has 0 spiro atoms. The number of benzene rings is 2. The maximum atomic E-state index is 12.6. The molecular formula is C23H27ClN2O3S. The number of unbranched alkanes of at least 4 members (excludes halogenated alkanes) is 3. The molecule has 0 saturated carbocycles. The fourth-order valence-electron chi connectivity index (χ4n) is 3.42. The topological polar surface area (TPSA) is 66.5 Å². The fourth-order valence-corrected chi connectivity index (χ4v) is 5.00. The highest BCUT2D eigenvalue weighted by Gasteiger charge is 2.41. The van der Waals surface area contributed by atoms with E-state index in [9.17, 15) is 13.8 Å². The van der Waals surface area contributed by atoms with E-state index in [0.29, 0.717) is 11.4 Å². The van der Waals surface area contributed by atoms with E-state index in [-0.39, 0.29) is 24.8 Å². The lowest BCUT2D eigenvalue weighted by molar-refractivity contribution is -0.145. The third-order valence-corrected chi connectivity index (χ3v) is 7.09. The molecule has 2 aromatic carbocycles. The van der Waals surface area contributed by atoms with E-state index >= 15 is 0 Å². The lowest BCUT2D eigenvalue weighted by Gasteiger charge is -2.38. The number of nitrogens with one attached hydrogen (secondary N) is 1. The zero-order valence-electron chi connectivity index (χ0n) is 16.9. The van der Waals surface area contributed by atoms with E-state index in [1.807, 2.05) is 30.3 Å². The molecule has 7 heteroatoms. The largest absolute Gasteiger partial charge is 0.355 e. The highest BCUT2D eigenvalue weighted by molar-refractivity contribution is 7.85. The molecule has 2 amide bonds. The fraction of sp³-hybridized carbons (Fsp3) is 0.391. The standard InChI is InChI=1S/C23H27ClN2O3S/c24-19-13-11-18(12-14-19)8-4-1-2-7-15-25-21(27)17-26-22(28)16-23(26)30(29)20-9-5-3-6-10-20/h3,5-6,9-14,23H,1-2,4,7-8,15-17H2,(H,25,27)/t23-,30-/m1/s1. The van der Waals surface area contributed by atoms with E-state index in [0.717, 1.165) is 37.1 Å². The zero-order chi connectivity index (χ0) is 21.3. The van der Waals surface area contributed by atoms with Crippen LogP contribution in [-0.2, 0) is 26.8 Å². The lowest BCUT2D eigenvalue weighted by Crippen LogP contribution is -2.57. The third kappa shape index (κ3) is 6.41. The van der Waals surface area contributed by atoms with E-state index in [2.05, 4.69) is 17.4 Å². The highest BCUT2D eigenvalue weighted by atomic mass is 35.5. The molecule has 2 aromatic rings. The van der Waals surface area contributed by atoms with Crippen LogP contribution in [0.4, 0.5) is 0 Å². The summed E-state index contributed by atoms with van der Waals surface area (Å²) < 4.78 is 12.6. The Bertz CT molecular complexity index is 874. The van der Waals surface area contributed by atoms with Gasteiger partial charge in [-0.25, -0.2) is 0 Å². The molecule has 1 saturated heterocycles. The summed E-state index contributed by atoms with van der Waals surface area (Å²) >= 11 is 5.89. The first kappa shape index (κ1) is 22.5. The molecule has 1 heterocycles. The first-order valence-electron chi connectivity index (χ1n) is 10.3. The van der Waals surface area contributed by atoms with Crippen LogP contribution in [0, 0.1) is 0 Å². The number of nitrogens with zero attached hydrogens (tertiary/aromatic N) is 1. The Morgan fingerprint density at radius 1 is 1.03 bits per heavy atom. The molecule has 2 atom stereocenters. The van der Waals surface area contributed by atoms with E-state index < -0.39 is 16.2 Å². The summed E-state index contributed by atoms with van der Waals surface area (Å²) in [5.74, 6) is -0.319. The van der Waals surface area contributed by atoms with Gasteiger partial charge in [-0.05, 0) is 49.1 Å². The van der Waals surface area contributed by atoms with Crippen LogP contribution in [-0.4, -0.2) is 39.4 Å². The summed E-state index contributed by atoms with van der Waals surface area (Å²) in [6, 6.07) is 17.0. The van der Waals surface area contributed by atoms with Crippen molar-refractivity contribution in [1.29, 1.82) is 0 Å². The van der Waals surface area contributed by atoms with Crippen molar-refractivity contribution in [2.24, 2.45) is 0 Å². The molecule has 0 bridgehead atoms.